The van der Waals surface area contributed by atoms with Crippen LogP contribution in [0.1, 0.15) is 36.8 Å². The number of carbonyl (C=O) groups is 1. The molecule has 2 heterocycles. The van der Waals surface area contributed by atoms with Crippen molar-refractivity contribution in [1.82, 2.24) is 20.3 Å². The summed E-state index contributed by atoms with van der Waals surface area (Å²) in [5, 5.41) is 8.01. The quantitative estimate of drug-likeness (QED) is 0.363. The lowest BCUT2D eigenvalue weighted by Gasteiger charge is -2.36. The summed E-state index contributed by atoms with van der Waals surface area (Å²) in [6, 6.07) is 9.53. The van der Waals surface area contributed by atoms with Crippen LogP contribution in [0.2, 0.25) is 5.02 Å². The molecule has 2 aromatic rings. The third-order valence-corrected chi connectivity index (χ3v) is 4.96. The molecule has 1 aliphatic heterocycles. The second kappa shape index (κ2) is 10.8. The fourth-order valence-corrected chi connectivity index (χ4v) is 3.18. The van der Waals surface area contributed by atoms with Gasteiger partial charge in [-0.05, 0) is 23.6 Å². The van der Waals surface area contributed by atoms with Gasteiger partial charge in [-0.2, -0.15) is 0 Å². The number of rotatable bonds is 5. The van der Waals surface area contributed by atoms with Crippen molar-refractivity contribution in [3.8, 4) is 0 Å². The summed E-state index contributed by atoms with van der Waals surface area (Å²) in [6.07, 6.45) is 0. The number of hydrogen-bond acceptors (Lipinski definition) is 4. The molecule has 0 atom stereocenters. The van der Waals surface area contributed by atoms with Crippen molar-refractivity contribution < 1.29 is 9.32 Å². The number of benzene rings is 1. The molecule has 0 radical (unpaired) electrons. The first kappa shape index (κ1) is 23.5. The topological polar surface area (TPSA) is 74.0 Å². The van der Waals surface area contributed by atoms with E-state index in [0.29, 0.717) is 49.6 Å². The van der Waals surface area contributed by atoms with Crippen LogP contribution in [0.25, 0.3) is 0 Å². The van der Waals surface area contributed by atoms with Crippen molar-refractivity contribution in [2.24, 2.45) is 4.99 Å². The first-order valence-electron chi connectivity index (χ1n) is 9.39. The molecule has 29 heavy (non-hydrogen) atoms. The minimum absolute atomic E-state index is 0. The van der Waals surface area contributed by atoms with Crippen LogP contribution in [0.5, 0.6) is 0 Å². The Kier molecular flexibility index (Phi) is 8.76. The number of guanidine groups is 1. The number of hydrogen-bond donors (Lipinski definition) is 1. The van der Waals surface area contributed by atoms with E-state index >= 15 is 0 Å². The predicted molar refractivity (Wildman–Crippen MR) is 125 cm³/mol. The third-order valence-electron chi connectivity index (χ3n) is 4.71. The van der Waals surface area contributed by atoms with E-state index in [2.05, 4.69) is 29.3 Å². The molecule has 9 heteroatoms. The molecule has 0 saturated carbocycles. The molecule has 1 N–H and O–H groups in total. The van der Waals surface area contributed by atoms with Gasteiger partial charge in [0.15, 0.2) is 11.7 Å². The molecule has 1 aliphatic rings. The van der Waals surface area contributed by atoms with Gasteiger partial charge in [0, 0.05) is 37.8 Å². The van der Waals surface area contributed by atoms with E-state index in [4.69, 9.17) is 16.1 Å². The summed E-state index contributed by atoms with van der Waals surface area (Å²) in [5.74, 6) is 1.83. The van der Waals surface area contributed by atoms with Crippen molar-refractivity contribution in [3.63, 3.8) is 0 Å². The Balaban J connectivity index is 0.00000300. The summed E-state index contributed by atoms with van der Waals surface area (Å²) in [7, 11) is 1.72. The van der Waals surface area contributed by atoms with E-state index in [1.165, 1.54) is 0 Å². The van der Waals surface area contributed by atoms with Crippen molar-refractivity contribution >= 4 is 47.4 Å². The van der Waals surface area contributed by atoms with E-state index in [1.807, 2.05) is 40.1 Å². The Bertz CT molecular complexity index is 838. The van der Waals surface area contributed by atoms with Crippen molar-refractivity contribution in [2.75, 3.05) is 26.7 Å². The number of aliphatic imine (C=N–C) groups is 1. The van der Waals surface area contributed by atoms with Gasteiger partial charge in [0.25, 0.3) is 0 Å². The predicted octanol–water partition coefficient (Wildman–Crippen LogP) is 3.49. The van der Waals surface area contributed by atoms with Gasteiger partial charge in [-0.3, -0.25) is 9.79 Å². The molecule has 0 bridgehead atoms. The van der Waals surface area contributed by atoms with Crippen LogP contribution in [0.4, 0.5) is 0 Å². The fourth-order valence-electron chi connectivity index (χ4n) is 3.05. The van der Waals surface area contributed by atoms with Crippen LogP contribution in [-0.2, 0) is 17.9 Å². The highest BCUT2D eigenvalue weighted by Gasteiger charge is 2.26. The molecule has 1 aromatic heterocycles. The lowest BCUT2D eigenvalue weighted by atomic mass is 10.1. The lowest BCUT2D eigenvalue weighted by Crippen LogP contribution is -2.54. The molecule has 3 rings (SSSR count). The van der Waals surface area contributed by atoms with Gasteiger partial charge in [-0.1, -0.05) is 42.7 Å². The molecule has 0 aliphatic carbocycles. The van der Waals surface area contributed by atoms with Crippen LogP contribution in [0.15, 0.2) is 39.8 Å². The average Bonchev–Trinajstić information content (AvgIpc) is 3.15. The second-order valence-electron chi connectivity index (χ2n) is 7.14. The summed E-state index contributed by atoms with van der Waals surface area (Å²) in [5.41, 5.74) is 2.00. The first-order chi connectivity index (χ1) is 13.5. The smallest absolute Gasteiger partial charge is 0.242 e. The van der Waals surface area contributed by atoms with Gasteiger partial charge in [-0.15, -0.1) is 24.0 Å². The zero-order valence-electron chi connectivity index (χ0n) is 16.9. The first-order valence-corrected chi connectivity index (χ1v) is 9.77. The number of piperazine rings is 1. The Labute approximate surface area is 193 Å². The van der Waals surface area contributed by atoms with Gasteiger partial charge >= 0.3 is 0 Å². The van der Waals surface area contributed by atoms with Crippen LogP contribution < -0.4 is 5.32 Å². The normalized spacial score (nSPS) is 14.9. The van der Waals surface area contributed by atoms with Gasteiger partial charge < -0.3 is 19.6 Å². The maximum atomic E-state index is 12.6. The Morgan fingerprint density at radius 3 is 2.62 bits per heavy atom. The third kappa shape index (κ3) is 6.33. The van der Waals surface area contributed by atoms with Gasteiger partial charge in [0.2, 0.25) is 5.91 Å². The minimum Gasteiger partial charge on any atom is -0.359 e. The highest BCUT2D eigenvalue weighted by Crippen LogP contribution is 2.15. The fraction of sp³-hybridized carbons (Fsp3) is 0.450. The number of amides is 1. The lowest BCUT2D eigenvalue weighted by molar-refractivity contribution is -0.135. The van der Waals surface area contributed by atoms with Crippen LogP contribution in [-0.4, -0.2) is 53.5 Å². The average molecular weight is 532 g/mol. The highest BCUT2D eigenvalue weighted by molar-refractivity contribution is 14.0. The summed E-state index contributed by atoms with van der Waals surface area (Å²) in [6.45, 7) is 6.86. The van der Waals surface area contributed by atoms with E-state index in [9.17, 15) is 4.79 Å². The maximum absolute atomic E-state index is 12.6. The SMILES string of the molecule is CN=C(NCc1cc(C(C)C)no1)N1CCN(Cc2ccc(Cl)cc2)C(=O)C1.I. The number of nitrogens with zero attached hydrogens (tertiary/aromatic N) is 4. The van der Waals surface area contributed by atoms with Crippen LogP contribution in [0.3, 0.4) is 0 Å². The molecule has 1 fully saturated rings. The number of nitrogens with one attached hydrogen (secondary N) is 1. The number of halogens is 2. The Hall–Kier alpha value is -1.81. The standard InChI is InChI=1S/C20H26ClN5O2.HI/c1-14(2)18-10-17(28-24-18)11-23-20(22-3)26-9-8-25(19(27)13-26)12-15-4-6-16(21)7-5-15;/h4-7,10,14H,8-9,11-13H2,1-3H3,(H,22,23);1H. The van der Waals surface area contributed by atoms with E-state index < -0.39 is 0 Å². The summed E-state index contributed by atoms with van der Waals surface area (Å²) < 4.78 is 5.35. The van der Waals surface area contributed by atoms with Gasteiger partial charge in [-0.25, -0.2) is 0 Å². The van der Waals surface area contributed by atoms with Gasteiger partial charge in [0.05, 0.1) is 18.8 Å². The van der Waals surface area contributed by atoms with E-state index in [-0.39, 0.29) is 29.9 Å². The van der Waals surface area contributed by atoms with E-state index in [1.54, 1.807) is 7.05 Å². The number of carbonyl (C=O) groups excluding carboxylic acids is 1. The molecule has 1 aromatic carbocycles. The summed E-state index contributed by atoms with van der Waals surface area (Å²) >= 11 is 5.93. The van der Waals surface area contributed by atoms with Gasteiger partial charge in [0.1, 0.15) is 0 Å². The highest BCUT2D eigenvalue weighted by atomic mass is 127. The molecule has 0 unspecified atom stereocenters. The molecule has 1 saturated heterocycles. The molecule has 158 valence electrons. The van der Waals surface area contributed by atoms with Crippen molar-refractivity contribution in [1.29, 1.82) is 0 Å². The Morgan fingerprint density at radius 1 is 1.31 bits per heavy atom. The van der Waals surface area contributed by atoms with Crippen LogP contribution >= 0.6 is 35.6 Å². The minimum atomic E-state index is 0. The van der Waals surface area contributed by atoms with E-state index in [0.717, 1.165) is 17.0 Å². The Morgan fingerprint density at radius 2 is 2.03 bits per heavy atom. The van der Waals surface area contributed by atoms with Crippen molar-refractivity contribution in [3.05, 3.63) is 52.4 Å². The molecule has 7 nitrogen and oxygen atoms in total. The zero-order valence-corrected chi connectivity index (χ0v) is 20.0. The molecule has 0 spiro atoms. The number of aromatic nitrogens is 1. The van der Waals surface area contributed by atoms with Crippen LogP contribution in [0, 0.1) is 0 Å². The molecule has 1 amide bonds. The molecular formula is C20H27ClIN5O2. The summed E-state index contributed by atoms with van der Waals surface area (Å²) in [4.78, 5) is 20.7. The zero-order chi connectivity index (χ0) is 20.1. The van der Waals surface area contributed by atoms with Crippen molar-refractivity contribution in [2.45, 2.75) is 32.9 Å². The largest absolute Gasteiger partial charge is 0.359 e. The molecular weight excluding hydrogens is 505 g/mol. The monoisotopic (exact) mass is 531 g/mol. The second-order valence-corrected chi connectivity index (χ2v) is 7.57. The maximum Gasteiger partial charge on any atom is 0.242 e.